The number of benzene rings is 1. The van der Waals surface area contributed by atoms with Crippen molar-refractivity contribution in [2.24, 2.45) is 0 Å². The first-order valence-corrected chi connectivity index (χ1v) is 11.2. The number of likely N-dealkylation sites (tertiary alicyclic amines) is 1. The molecule has 0 saturated carbocycles. The number of fused-ring (bicyclic) bond motifs is 1. The van der Waals surface area contributed by atoms with Crippen LogP contribution in [0.1, 0.15) is 25.5 Å². The van der Waals surface area contributed by atoms with Crippen LogP contribution in [0.5, 0.6) is 0 Å². The van der Waals surface area contributed by atoms with Crippen molar-refractivity contribution >= 4 is 16.8 Å². The average Bonchev–Trinajstić information content (AvgIpc) is 2.83. The molecule has 0 aliphatic carbocycles. The number of piperidine rings is 1. The molecule has 3 aromatic rings. The predicted molar refractivity (Wildman–Crippen MR) is 120 cm³/mol. The average molecular weight is 435 g/mol. The Balaban J connectivity index is 1.25. The third kappa shape index (κ3) is 4.10. The van der Waals surface area contributed by atoms with E-state index in [0.717, 1.165) is 48.0 Å². The zero-order valence-corrected chi connectivity index (χ0v) is 18.3. The number of halogens is 1. The van der Waals surface area contributed by atoms with E-state index in [0.29, 0.717) is 25.3 Å². The number of hydrogen-bond donors (Lipinski definition) is 0. The molecule has 5 rings (SSSR count). The molecule has 0 N–H and O–H groups in total. The molecule has 6 nitrogen and oxygen atoms in total. The molecule has 1 spiro atoms. The molecule has 166 valence electrons. The van der Waals surface area contributed by atoms with Crippen molar-refractivity contribution in [1.29, 1.82) is 0 Å². The first-order valence-electron chi connectivity index (χ1n) is 11.2. The zero-order chi connectivity index (χ0) is 22.1. The molecule has 2 saturated heterocycles. The first-order chi connectivity index (χ1) is 15.5. The normalized spacial score (nSPS) is 19.1. The van der Waals surface area contributed by atoms with Crippen molar-refractivity contribution in [1.82, 2.24) is 19.8 Å². The van der Waals surface area contributed by atoms with Gasteiger partial charge in [0.15, 0.2) is 0 Å². The molecule has 0 bridgehead atoms. The fourth-order valence-corrected chi connectivity index (χ4v) is 4.70. The molecular weight excluding hydrogens is 407 g/mol. The Bertz CT molecular complexity index is 1140. The van der Waals surface area contributed by atoms with Crippen molar-refractivity contribution in [2.45, 2.75) is 31.9 Å². The standard InChI is InChI=1S/C25H27FN4O2/c1-2-30-17-25(32-16-24(30)31)7-10-29(11-8-25)15-23-21(26)12-20(14-28-23)19-6-5-18-4-3-9-27-22(18)13-19/h3-6,9,12-14H,2,7-8,10-11,15-17H2,1H3. The van der Waals surface area contributed by atoms with Gasteiger partial charge < -0.3 is 9.64 Å². The number of rotatable bonds is 4. The van der Waals surface area contributed by atoms with Crippen molar-refractivity contribution in [3.63, 3.8) is 0 Å². The topological polar surface area (TPSA) is 58.6 Å². The van der Waals surface area contributed by atoms with Crippen molar-refractivity contribution < 1.29 is 13.9 Å². The maximum atomic E-state index is 14.9. The number of pyridine rings is 2. The van der Waals surface area contributed by atoms with E-state index in [1.807, 2.05) is 42.2 Å². The molecule has 2 aliphatic rings. The highest BCUT2D eigenvalue weighted by Crippen LogP contribution is 2.31. The molecular formula is C25H27FN4O2. The van der Waals surface area contributed by atoms with E-state index in [9.17, 15) is 9.18 Å². The Morgan fingerprint density at radius 1 is 1.12 bits per heavy atom. The number of hydrogen-bond acceptors (Lipinski definition) is 5. The third-order valence-electron chi connectivity index (χ3n) is 6.71. The molecule has 2 fully saturated rings. The largest absolute Gasteiger partial charge is 0.363 e. The first kappa shape index (κ1) is 21.0. The lowest BCUT2D eigenvalue weighted by Crippen LogP contribution is -2.58. The second-order valence-electron chi connectivity index (χ2n) is 8.72. The number of morpholine rings is 1. The van der Waals surface area contributed by atoms with Gasteiger partial charge in [-0.05, 0) is 43.5 Å². The van der Waals surface area contributed by atoms with Crippen LogP contribution in [0.15, 0.2) is 48.8 Å². The summed E-state index contributed by atoms with van der Waals surface area (Å²) in [6.07, 6.45) is 5.16. The second-order valence-corrected chi connectivity index (χ2v) is 8.72. The van der Waals surface area contributed by atoms with Gasteiger partial charge >= 0.3 is 0 Å². The lowest BCUT2D eigenvalue weighted by atomic mass is 9.89. The summed E-state index contributed by atoms with van der Waals surface area (Å²) in [5.74, 6) is -0.227. The highest BCUT2D eigenvalue weighted by atomic mass is 19.1. The van der Waals surface area contributed by atoms with Crippen molar-refractivity contribution in [2.75, 3.05) is 32.8 Å². The van der Waals surface area contributed by atoms with Crippen LogP contribution in [-0.4, -0.2) is 64.1 Å². The minimum Gasteiger partial charge on any atom is -0.363 e. The molecule has 32 heavy (non-hydrogen) atoms. The molecule has 2 aromatic heterocycles. The summed E-state index contributed by atoms with van der Waals surface area (Å²) < 4.78 is 20.9. The number of aromatic nitrogens is 2. The van der Waals surface area contributed by atoms with E-state index in [2.05, 4.69) is 14.9 Å². The van der Waals surface area contributed by atoms with E-state index >= 15 is 0 Å². The Morgan fingerprint density at radius 2 is 1.97 bits per heavy atom. The van der Waals surface area contributed by atoms with Gasteiger partial charge in [0.25, 0.3) is 0 Å². The van der Waals surface area contributed by atoms with Crippen LogP contribution >= 0.6 is 0 Å². The van der Waals surface area contributed by atoms with E-state index < -0.39 is 0 Å². The van der Waals surface area contributed by atoms with E-state index in [-0.39, 0.29) is 23.9 Å². The molecule has 2 aliphatic heterocycles. The van der Waals surface area contributed by atoms with Crippen molar-refractivity contribution in [3.8, 4) is 11.1 Å². The van der Waals surface area contributed by atoms with Crippen LogP contribution in [0, 0.1) is 5.82 Å². The Morgan fingerprint density at radius 3 is 2.75 bits per heavy atom. The maximum Gasteiger partial charge on any atom is 0.248 e. The summed E-state index contributed by atoms with van der Waals surface area (Å²) in [7, 11) is 0. The van der Waals surface area contributed by atoms with Crippen molar-refractivity contribution in [3.05, 3.63) is 60.3 Å². The SMILES string of the molecule is CCN1CC2(CCN(Cc3ncc(-c4ccc5cccnc5c4)cc3F)CC2)OCC1=O. The fraction of sp³-hybridized carbons (Fsp3) is 0.400. The lowest BCUT2D eigenvalue weighted by molar-refractivity contribution is -0.171. The number of amides is 1. The van der Waals surface area contributed by atoms with E-state index in [1.165, 1.54) is 0 Å². The molecule has 1 aromatic carbocycles. The maximum absolute atomic E-state index is 14.9. The summed E-state index contributed by atoms with van der Waals surface area (Å²) >= 11 is 0. The van der Waals surface area contributed by atoms with Gasteiger partial charge in [-0.25, -0.2) is 4.39 Å². The van der Waals surface area contributed by atoms with Gasteiger partial charge in [-0.3, -0.25) is 19.7 Å². The zero-order valence-electron chi connectivity index (χ0n) is 18.3. The number of carbonyl (C=O) groups excluding carboxylic acids is 1. The number of nitrogens with zero attached hydrogens (tertiary/aromatic N) is 4. The highest BCUT2D eigenvalue weighted by molar-refractivity contribution is 5.83. The monoisotopic (exact) mass is 434 g/mol. The van der Waals surface area contributed by atoms with Gasteiger partial charge in [0.05, 0.1) is 16.8 Å². The van der Waals surface area contributed by atoms with Crippen LogP contribution in [0.25, 0.3) is 22.0 Å². The molecule has 4 heterocycles. The lowest BCUT2D eigenvalue weighted by Gasteiger charge is -2.46. The van der Waals surface area contributed by atoms with E-state index in [4.69, 9.17) is 4.74 Å². The molecule has 7 heteroatoms. The number of likely N-dealkylation sites (N-methyl/N-ethyl adjacent to an activating group) is 1. The molecule has 0 atom stereocenters. The smallest absolute Gasteiger partial charge is 0.248 e. The summed E-state index contributed by atoms with van der Waals surface area (Å²) in [4.78, 5) is 24.8. The minimum absolute atomic E-state index is 0.0640. The molecule has 0 unspecified atom stereocenters. The Labute approximate surface area is 187 Å². The molecule has 0 radical (unpaired) electrons. The van der Waals surface area contributed by atoms with Crippen LogP contribution < -0.4 is 0 Å². The van der Waals surface area contributed by atoms with Gasteiger partial charge in [-0.15, -0.1) is 0 Å². The number of carbonyl (C=O) groups is 1. The minimum atomic E-state index is -0.291. The van der Waals surface area contributed by atoms with Crippen LogP contribution in [-0.2, 0) is 16.1 Å². The highest BCUT2D eigenvalue weighted by Gasteiger charge is 2.41. The van der Waals surface area contributed by atoms with Crippen LogP contribution in [0.4, 0.5) is 4.39 Å². The van der Waals surface area contributed by atoms with Crippen LogP contribution in [0.2, 0.25) is 0 Å². The summed E-state index contributed by atoms with van der Waals surface area (Å²) in [5.41, 5.74) is 2.72. The van der Waals surface area contributed by atoms with Gasteiger partial charge in [0.1, 0.15) is 12.4 Å². The Hall–Kier alpha value is -2.90. The second kappa shape index (κ2) is 8.56. The molecule has 1 amide bonds. The van der Waals surface area contributed by atoms with E-state index in [1.54, 1.807) is 18.5 Å². The van der Waals surface area contributed by atoms with Gasteiger partial charge in [0, 0.05) is 56.1 Å². The van der Waals surface area contributed by atoms with Gasteiger partial charge in [-0.2, -0.15) is 0 Å². The van der Waals surface area contributed by atoms with Gasteiger partial charge in [-0.1, -0.05) is 18.2 Å². The predicted octanol–water partition coefficient (Wildman–Crippen LogP) is 3.65. The summed E-state index contributed by atoms with van der Waals surface area (Å²) in [5, 5.41) is 1.05. The summed E-state index contributed by atoms with van der Waals surface area (Å²) in [6.45, 7) is 5.59. The third-order valence-corrected chi connectivity index (χ3v) is 6.71. The Kier molecular flexibility index (Phi) is 5.61. The van der Waals surface area contributed by atoms with Gasteiger partial charge in [0.2, 0.25) is 5.91 Å². The summed E-state index contributed by atoms with van der Waals surface area (Å²) in [6, 6.07) is 11.4. The number of ether oxygens (including phenoxy) is 1. The quantitative estimate of drug-likeness (QED) is 0.627. The van der Waals surface area contributed by atoms with Crippen LogP contribution in [0.3, 0.4) is 0 Å². The fourth-order valence-electron chi connectivity index (χ4n) is 4.70.